The number of hydrogen-bond donors (Lipinski definition) is 1. The number of methoxy groups -OCH3 is 1. The highest BCUT2D eigenvalue weighted by Gasteiger charge is 2.38. The van der Waals surface area contributed by atoms with Gasteiger partial charge in [-0.05, 0) is 80.5 Å². The molecule has 3 amide bonds. The number of ether oxygens (including phenoxy) is 1. The number of carbonyl (C=O) groups is 3. The normalized spacial score (nSPS) is 21.9. The Hall–Kier alpha value is -3.90. The number of aromatic nitrogens is 1. The van der Waals surface area contributed by atoms with Crippen molar-refractivity contribution >= 4 is 38.8 Å². The van der Waals surface area contributed by atoms with Crippen molar-refractivity contribution in [2.24, 2.45) is 5.92 Å². The molecule has 0 bridgehead atoms. The molecule has 1 saturated carbocycles. The van der Waals surface area contributed by atoms with Crippen LogP contribution in [0.2, 0.25) is 0 Å². The van der Waals surface area contributed by atoms with Gasteiger partial charge in [-0.1, -0.05) is 25.3 Å². The second kappa shape index (κ2) is 13.2. The maximum absolute atomic E-state index is 14.5. The summed E-state index contributed by atoms with van der Waals surface area (Å²) in [6.07, 6.45) is 6.10. The van der Waals surface area contributed by atoms with E-state index in [1.807, 2.05) is 41.8 Å². The Kier molecular flexibility index (Phi) is 9.34. The molecule has 2 fully saturated rings. The fourth-order valence-corrected chi connectivity index (χ4v) is 8.80. The van der Waals surface area contributed by atoms with Crippen LogP contribution in [0.25, 0.3) is 22.2 Å². The minimum atomic E-state index is -3.99. The van der Waals surface area contributed by atoms with Gasteiger partial charge in [-0.15, -0.1) is 0 Å². The topological polar surface area (TPSA) is 121 Å². The summed E-state index contributed by atoms with van der Waals surface area (Å²) in [5.74, 6) is -0.0445. The molecule has 3 aromatic rings. The van der Waals surface area contributed by atoms with Crippen LogP contribution in [-0.4, -0.2) is 91.2 Å². The van der Waals surface area contributed by atoms with Gasteiger partial charge in [0.1, 0.15) is 5.75 Å². The lowest BCUT2D eigenvalue weighted by molar-refractivity contribution is -0.147. The van der Waals surface area contributed by atoms with Crippen LogP contribution in [0.4, 0.5) is 0 Å². The van der Waals surface area contributed by atoms with E-state index < -0.39 is 22.0 Å². The van der Waals surface area contributed by atoms with Gasteiger partial charge in [-0.25, -0.2) is 4.72 Å². The highest BCUT2D eigenvalue weighted by molar-refractivity contribution is 7.87. The van der Waals surface area contributed by atoms with Gasteiger partial charge in [0.2, 0.25) is 11.8 Å². The maximum Gasteiger partial charge on any atom is 0.303 e. The van der Waals surface area contributed by atoms with Gasteiger partial charge >= 0.3 is 10.2 Å². The van der Waals surface area contributed by atoms with Crippen molar-refractivity contribution in [3.63, 3.8) is 0 Å². The molecule has 48 heavy (non-hydrogen) atoms. The average Bonchev–Trinajstić information content (AvgIpc) is 3.26. The van der Waals surface area contributed by atoms with Gasteiger partial charge in [0.05, 0.1) is 18.7 Å². The average molecular weight is 678 g/mol. The quantitative estimate of drug-likeness (QED) is 0.409. The summed E-state index contributed by atoms with van der Waals surface area (Å²) in [7, 11) is 0.390. The Balaban J connectivity index is 1.51. The molecule has 258 valence electrons. The Morgan fingerprint density at radius 2 is 1.62 bits per heavy atom. The first-order chi connectivity index (χ1) is 22.8. The molecular formula is C36H47N5O6S. The Morgan fingerprint density at radius 1 is 0.938 bits per heavy atom. The summed E-state index contributed by atoms with van der Waals surface area (Å²) in [6.45, 7) is 6.87. The highest BCUT2D eigenvalue weighted by Crippen LogP contribution is 2.47. The van der Waals surface area contributed by atoms with Gasteiger partial charge < -0.3 is 19.1 Å². The van der Waals surface area contributed by atoms with E-state index in [1.165, 1.54) is 26.1 Å². The number of benzene rings is 2. The van der Waals surface area contributed by atoms with Crippen LogP contribution in [0.15, 0.2) is 36.4 Å². The first-order valence-corrected chi connectivity index (χ1v) is 18.4. The molecular weight excluding hydrogens is 630 g/mol. The van der Waals surface area contributed by atoms with Crippen LogP contribution in [0.1, 0.15) is 80.3 Å². The lowest BCUT2D eigenvalue weighted by Crippen LogP contribution is -2.60. The number of carbonyl (C=O) groups excluding carboxylic acids is 3. The molecule has 0 spiro atoms. The molecule has 2 aromatic carbocycles. The zero-order chi connectivity index (χ0) is 34.5. The first-order valence-electron chi connectivity index (χ1n) is 17.0. The van der Waals surface area contributed by atoms with Crippen molar-refractivity contribution in [2.75, 3.05) is 34.3 Å². The molecule has 12 heteroatoms. The molecule has 3 heterocycles. The van der Waals surface area contributed by atoms with Crippen LogP contribution < -0.4 is 9.46 Å². The first kappa shape index (κ1) is 34.0. The van der Waals surface area contributed by atoms with Gasteiger partial charge in [-0.2, -0.15) is 12.7 Å². The summed E-state index contributed by atoms with van der Waals surface area (Å²) in [6, 6.07) is 11.3. The van der Waals surface area contributed by atoms with E-state index in [0.29, 0.717) is 32.0 Å². The fourth-order valence-electron chi connectivity index (χ4n) is 8.26. The molecule has 11 nitrogen and oxygen atoms in total. The van der Waals surface area contributed by atoms with E-state index in [9.17, 15) is 22.8 Å². The monoisotopic (exact) mass is 677 g/mol. The third-order valence-corrected chi connectivity index (χ3v) is 11.9. The van der Waals surface area contributed by atoms with Crippen molar-refractivity contribution in [3.05, 3.63) is 53.1 Å². The van der Waals surface area contributed by atoms with Crippen molar-refractivity contribution in [2.45, 2.75) is 83.8 Å². The third kappa shape index (κ3) is 6.20. The molecule has 3 aliphatic rings. The predicted octanol–water partition coefficient (Wildman–Crippen LogP) is 4.54. The molecule has 1 aliphatic carbocycles. The van der Waals surface area contributed by atoms with Crippen molar-refractivity contribution in [3.8, 4) is 17.0 Å². The Bertz CT molecular complexity index is 1850. The van der Waals surface area contributed by atoms with Gasteiger partial charge in [0.25, 0.3) is 5.91 Å². The van der Waals surface area contributed by atoms with Crippen molar-refractivity contribution in [1.29, 1.82) is 0 Å². The SMILES string of the molecule is COc1ccc2c(c1)CC(C(=O)N1C[C@@H](C)N(C(C)=O)[C@@H](C)C1)Cn1c-2c(C2CCCCC2)c2ccc(C(=O)NS(=O)(=O)N(C)C)cc21. The summed E-state index contributed by atoms with van der Waals surface area (Å²) < 4.78 is 36.1. The Labute approximate surface area is 283 Å². The Morgan fingerprint density at radius 3 is 2.25 bits per heavy atom. The largest absolute Gasteiger partial charge is 0.497 e. The van der Waals surface area contributed by atoms with Crippen LogP contribution in [0, 0.1) is 5.92 Å². The van der Waals surface area contributed by atoms with Crippen LogP contribution in [0.3, 0.4) is 0 Å². The molecule has 1 aromatic heterocycles. The molecule has 0 radical (unpaired) electrons. The zero-order valence-electron chi connectivity index (χ0n) is 28.8. The van der Waals surface area contributed by atoms with Gasteiger partial charge in [-0.3, -0.25) is 14.4 Å². The fraction of sp³-hybridized carbons (Fsp3) is 0.528. The van der Waals surface area contributed by atoms with Crippen molar-refractivity contribution in [1.82, 2.24) is 23.4 Å². The number of amides is 3. The molecule has 1 saturated heterocycles. The second-order valence-electron chi connectivity index (χ2n) is 14.0. The minimum absolute atomic E-state index is 0.00880. The van der Waals surface area contributed by atoms with Crippen LogP contribution >= 0.6 is 0 Å². The predicted molar refractivity (Wildman–Crippen MR) is 185 cm³/mol. The molecule has 1 unspecified atom stereocenters. The number of piperazine rings is 1. The third-order valence-electron chi connectivity index (χ3n) is 10.5. The zero-order valence-corrected chi connectivity index (χ0v) is 29.6. The maximum atomic E-state index is 14.5. The van der Waals surface area contributed by atoms with E-state index in [1.54, 1.807) is 26.2 Å². The number of hydrogen-bond acceptors (Lipinski definition) is 6. The second-order valence-corrected chi connectivity index (χ2v) is 15.8. The van der Waals surface area contributed by atoms with Crippen LogP contribution in [-0.2, 0) is 32.8 Å². The molecule has 1 N–H and O–H groups in total. The smallest absolute Gasteiger partial charge is 0.303 e. The van der Waals surface area contributed by atoms with Gasteiger partial charge in [0, 0.05) is 74.8 Å². The lowest BCUT2D eigenvalue weighted by atomic mass is 9.81. The van der Waals surface area contributed by atoms with E-state index in [2.05, 4.69) is 15.4 Å². The van der Waals surface area contributed by atoms with E-state index >= 15 is 0 Å². The van der Waals surface area contributed by atoms with E-state index in [4.69, 9.17) is 4.74 Å². The number of nitrogens with one attached hydrogen (secondary N) is 1. The molecule has 2 aliphatic heterocycles. The number of rotatable bonds is 6. The highest BCUT2D eigenvalue weighted by atomic mass is 32.2. The van der Waals surface area contributed by atoms with E-state index in [0.717, 1.165) is 63.5 Å². The van der Waals surface area contributed by atoms with Crippen molar-refractivity contribution < 1.29 is 27.5 Å². The summed E-state index contributed by atoms with van der Waals surface area (Å²) in [5, 5.41) is 1.02. The number of nitrogens with zero attached hydrogens (tertiary/aromatic N) is 4. The molecule has 3 atom stereocenters. The standard InChI is InChI=1S/C36H47N5O6S/c1-22-19-39(20-23(2)41(22)24(3)42)36(44)28-16-27-17-29(47-6)13-15-30(27)34-33(25-10-8-7-9-11-25)31-14-12-26(18-32(31)40(34)21-28)35(43)37-48(45,46)38(4)5/h12-15,17-18,22-23,25,28H,7-11,16,19-21H2,1-6H3,(H,37,43)/t22-,23+,28?. The summed E-state index contributed by atoms with van der Waals surface area (Å²) in [4.78, 5) is 44.0. The summed E-state index contributed by atoms with van der Waals surface area (Å²) >= 11 is 0. The number of fused-ring (bicyclic) bond motifs is 5. The van der Waals surface area contributed by atoms with Crippen LogP contribution in [0.5, 0.6) is 5.75 Å². The van der Waals surface area contributed by atoms with Gasteiger partial charge in [0.15, 0.2) is 0 Å². The molecule has 6 rings (SSSR count). The van der Waals surface area contributed by atoms with E-state index in [-0.39, 0.29) is 29.5 Å². The lowest BCUT2D eigenvalue weighted by Gasteiger charge is -2.45. The minimum Gasteiger partial charge on any atom is -0.497 e. The summed E-state index contributed by atoms with van der Waals surface area (Å²) in [5.41, 5.74) is 5.41.